The van der Waals surface area contributed by atoms with Gasteiger partial charge in [0.15, 0.2) is 11.3 Å². The maximum Gasteiger partial charge on any atom is 0.193 e. The molecule has 0 aliphatic carbocycles. The Bertz CT molecular complexity index is 1140. The fourth-order valence-corrected chi connectivity index (χ4v) is 4.46. The van der Waals surface area contributed by atoms with Gasteiger partial charge in [-0.05, 0) is 44.3 Å². The molecule has 0 aromatic carbocycles. The van der Waals surface area contributed by atoms with Crippen LogP contribution in [-0.2, 0) is 0 Å². The Kier molecular flexibility index (Phi) is 4.54. The average molecular weight is 407 g/mol. The second kappa shape index (κ2) is 7.24. The summed E-state index contributed by atoms with van der Waals surface area (Å²) in [5.74, 6) is 0.953. The van der Waals surface area contributed by atoms with Gasteiger partial charge in [-0.3, -0.25) is 9.36 Å². The number of alkyl halides is 1. The van der Waals surface area contributed by atoms with Gasteiger partial charge in [-0.2, -0.15) is 0 Å². The normalized spacial score (nSPS) is 27.3. The molecule has 5 rings (SSSR count). The topological polar surface area (TPSA) is 101 Å². The number of hydrogen-bond acceptors (Lipinski definition) is 6. The molecule has 0 amide bonds. The van der Waals surface area contributed by atoms with Crippen molar-refractivity contribution in [2.45, 2.75) is 50.4 Å². The highest BCUT2D eigenvalue weighted by Crippen LogP contribution is 2.39. The van der Waals surface area contributed by atoms with E-state index in [9.17, 15) is 4.79 Å². The molecule has 2 N–H and O–H groups in total. The Morgan fingerprint density at radius 2 is 2.27 bits per heavy atom. The average Bonchev–Trinajstić information content (AvgIpc) is 3.28. The molecule has 2 saturated heterocycles. The number of piperidine rings is 2. The number of imidazole rings is 1. The molecular weight excluding hydrogens is 385 g/mol. The van der Waals surface area contributed by atoms with E-state index >= 15 is 4.39 Å². The fraction of sp³-hybridized carbons (Fsp3) is 0.381. The van der Waals surface area contributed by atoms with Crippen LogP contribution in [0.2, 0.25) is 0 Å². The van der Waals surface area contributed by atoms with E-state index in [0.717, 1.165) is 19.3 Å². The molecule has 2 bridgehead atoms. The number of H-pyrrole nitrogens is 1. The van der Waals surface area contributed by atoms with Gasteiger partial charge in [0.05, 0.1) is 17.3 Å². The van der Waals surface area contributed by atoms with Gasteiger partial charge in [-0.1, -0.05) is 0 Å². The van der Waals surface area contributed by atoms with Crippen molar-refractivity contribution in [3.05, 3.63) is 58.8 Å². The summed E-state index contributed by atoms with van der Waals surface area (Å²) in [4.78, 5) is 23.8. The number of aromatic amines is 1. The maximum absolute atomic E-state index is 15.1. The zero-order valence-electron chi connectivity index (χ0n) is 16.5. The van der Waals surface area contributed by atoms with Gasteiger partial charge in [-0.15, -0.1) is 10.2 Å². The van der Waals surface area contributed by atoms with Crippen LogP contribution in [0.1, 0.15) is 38.4 Å². The molecule has 3 aromatic heterocycles. The van der Waals surface area contributed by atoms with Gasteiger partial charge in [0.25, 0.3) is 0 Å². The van der Waals surface area contributed by atoms with Gasteiger partial charge in [0.2, 0.25) is 0 Å². The lowest BCUT2D eigenvalue weighted by Crippen LogP contribution is -2.61. The predicted octanol–water partition coefficient (Wildman–Crippen LogP) is 2.44. The van der Waals surface area contributed by atoms with Crippen molar-refractivity contribution in [2.75, 3.05) is 0 Å². The molecule has 3 atom stereocenters. The van der Waals surface area contributed by atoms with Crippen molar-refractivity contribution in [1.29, 1.82) is 0 Å². The lowest BCUT2D eigenvalue weighted by atomic mass is 9.74. The molecule has 0 spiro atoms. The number of fused-ring (bicyclic) bond motifs is 2. The number of rotatable bonds is 3. The summed E-state index contributed by atoms with van der Waals surface area (Å²) in [6, 6.07) is 1.76. The minimum absolute atomic E-state index is 0.206. The highest BCUT2D eigenvalue weighted by atomic mass is 19.1. The number of pyridine rings is 1. The molecule has 5 heterocycles. The first-order valence-corrected chi connectivity index (χ1v) is 10.1. The Hall–Kier alpha value is -3.20. The first kappa shape index (κ1) is 18.8. The summed E-state index contributed by atoms with van der Waals surface area (Å²) in [7, 11) is 0. The van der Waals surface area contributed by atoms with E-state index in [1.165, 1.54) is 12.3 Å². The SMILES string of the molecule is C[C@]12CCCC(C/C(=C\c3ncc(-c4c[nH]c(-n5ccnc5)cc4=O)nn3)[C@@H]1F)N2. The molecular formula is C21H22FN7O. The molecule has 1 unspecified atom stereocenters. The van der Waals surface area contributed by atoms with Crippen molar-refractivity contribution < 1.29 is 4.39 Å². The summed E-state index contributed by atoms with van der Waals surface area (Å²) in [6.07, 6.45) is 12.2. The van der Waals surface area contributed by atoms with Gasteiger partial charge < -0.3 is 10.3 Å². The van der Waals surface area contributed by atoms with E-state index in [1.807, 2.05) is 6.92 Å². The van der Waals surface area contributed by atoms with E-state index < -0.39 is 11.7 Å². The molecule has 30 heavy (non-hydrogen) atoms. The lowest BCUT2D eigenvalue weighted by Gasteiger charge is -2.47. The fourth-order valence-electron chi connectivity index (χ4n) is 4.46. The number of nitrogens with one attached hydrogen (secondary N) is 2. The van der Waals surface area contributed by atoms with Gasteiger partial charge in [0.1, 0.15) is 24.0 Å². The first-order valence-electron chi connectivity index (χ1n) is 10.1. The summed E-state index contributed by atoms with van der Waals surface area (Å²) < 4.78 is 16.8. The molecule has 2 fully saturated rings. The third-order valence-corrected chi connectivity index (χ3v) is 6.00. The van der Waals surface area contributed by atoms with Crippen LogP contribution >= 0.6 is 0 Å². The van der Waals surface area contributed by atoms with Crippen molar-refractivity contribution >= 4 is 6.08 Å². The first-order chi connectivity index (χ1) is 14.5. The summed E-state index contributed by atoms with van der Waals surface area (Å²) in [5.41, 5.74) is 0.706. The Labute approximate surface area is 172 Å². The molecule has 9 heteroatoms. The minimum Gasteiger partial charge on any atom is -0.347 e. The second-order valence-electron chi connectivity index (χ2n) is 8.20. The Morgan fingerprint density at radius 1 is 1.37 bits per heavy atom. The third kappa shape index (κ3) is 3.35. The Balaban J connectivity index is 1.40. The smallest absolute Gasteiger partial charge is 0.193 e. The van der Waals surface area contributed by atoms with Crippen molar-refractivity contribution in [3.8, 4) is 17.1 Å². The van der Waals surface area contributed by atoms with E-state index in [1.54, 1.807) is 35.6 Å². The molecule has 2 aliphatic rings. The molecule has 0 radical (unpaired) electrons. The lowest BCUT2D eigenvalue weighted by molar-refractivity contribution is 0.0993. The zero-order valence-corrected chi connectivity index (χ0v) is 16.5. The quantitative estimate of drug-likeness (QED) is 0.692. The van der Waals surface area contributed by atoms with Crippen LogP contribution in [0.15, 0.2) is 47.5 Å². The maximum atomic E-state index is 15.1. The van der Waals surface area contributed by atoms with Crippen LogP contribution in [0.3, 0.4) is 0 Å². The van der Waals surface area contributed by atoms with Crippen LogP contribution < -0.4 is 10.7 Å². The van der Waals surface area contributed by atoms with Crippen LogP contribution in [0.25, 0.3) is 23.2 Å². The van der Waals surface area contributed by atoms with Crippen LogP contribution in [-0.4, -0.2) is 47.5 Å². The van der Waals surface area contributed by atoms with Gasteiger partial charge in [-0.25, -0.2) is 14.4 Å². The summed E-state index contributed by atoms with van der Waals surface area (Å²) in [5, 5.41) is 11.7. The largest absolute Gasteiger partial charge is 0.347 e. The number of nitrogens with zero attached hydrogens (tertiary/aromatic N) is 5. The van der Waals surface area contributed by atoms with Crippen LogP contribution in [0, 0.1) is 0 Å². The van der Waals surface area contributed by atoms with Crippen molar-refractivity contribution in [3.63, 3.8) is 0 Å². The number of aromatic nitrogens is 6. The van der Waals surface area contributed by atoms with E-state index in [2.05, 4.69) is 30.5 Å². The molecule has 3 aromatic rings. The molecule has 2 aliphatic heterocycles. The zero-order chi connectivity index (χ0) is 20.7. The minimum atomic E-state index is -1.07. The van der Waals surface area contributed by atoms with E-state index in [-0.39, 0.29) is 5.43 Å². The molecule has 154 valence electrons. The van der Waals surface area contributed by atoms with E-state index in [4.69, 9.17) is 0 Å². The van der Waals surface area contributed by atoms with Gasteiger partial charge in [0, 0.05) is 30.7 Å². The number of hydrogen-bond donors (Lipinski definition) is 2. The van der Waals surface area contributed by atoms with Crippen molar-refractivity contribution in [1.82, 2.24) is 35.0 Å². The third-order valence-electron chi connectivity index (χ3n) is 6.00. The Morgan fingerprint density at radius 3 is 3.00 bits per heavy atom. The number of halogens is 1. The van der Waals surface area contributed by atoms with Crippen molar-refractivity contribution in [2.24, 2.45) is 0 Å². The highest BCUT2D eigenvalue weighted by molar-refractivity contribution is 5.58. The van der Waals surface area contributed by atoms with Gasteiger partial charge >= 0.3 is 0 Å². The van der Waals surface area contributed by atoms with E-state index in [0.29, 0.717) is 40.9 Å². The highest BCUT2D eigenvalue weighted by Gasteiger charge is 2.45. The van der Waals surface area contributed by atoms with Crippen LogP contribution in [0.5, 0.6) is 0 Å². The van der Waals surface area contributed by atoms with Crippen LogP contribution in [0.4, 0.5) is 4.39 Å². The summed E-state index contributed by atoms with van der Waals surface area (Å²) in [6.45, 7) is 1.94. The second-order valence-corrected chi connectivity index (χ2v) is 8.20. The predicted molar refractivity (Wildman–Crippen MR) is 110 cm³/mol. The molecule has 0 saturated carbocycles. The standard InChI is InChI=1S/C21H22FN7O/c1-21-4-2-3-14(26-21)7-13(20(21)22)8-18-24-11-16(27-28-18)15-10-25-19(9-17(15)30)29-6-5-23-12-29/h5-6,8-12,14,20,26H,2-4,7H2,1H3,(H,25,30)/b13-8+/t14?,20-,21-/m0/s1. The monoisotopic (exact) mass is 407 g/mol. The molecule has 8 nitrogen and oxygen atoms in total. The summed E-state index contributed by atoms with van der Waals surface area (Å²) >= 11 is 0.